The molecule has 0 amide bonds. The van der Waals surface area contributed by atoms with E-state index in [1.165, 1.54) is 37.1 Å². The standard InChI is InChI=1S/C23H31N3O2/c1-15-21(18(4)27)16(2)25-22(15)23(28)17(3)24-13-19-9-5-6-10-20(19)14-26-11-7-8-12-26/h5-6,9-10,17,24-25H,7-8,11-14H2,1-4H3/p+2/t17-/m1/s1. The molecule has 2 aromatic rings. The predicted octanol–water partition coefficient (Wildman–Crippen LogP) is 1.35. The fourth-order valence-corrected chi connectivity index (χ4v) is 4.41. The first-order chi connectivity index (χ1) is 13.4. The maximum atomic E-state index is 13.0. The first-order valence-electron chi connectivity index (χ1n) is 10.4. The van der Waals surface area contributed by atoms with Gasteiger partial charge in [0.15, 0.2) is 5.78 Å². The molecule has 0 spiro atoms. The van der Waals surface area contributed by atoms with E-state index in [1.54, 1.807) is 11.8 Å². The second kappa shape index (κ2) is 8.84. The molecule has 5 heteroatoms. The first kappa shape index (κ1) is 20.5. The molecule has 1 aromatic carbocycles. The SMILES string of the molecule is CC(=O)c1c(C)[nH]c(C(=O)[C@@H](C)[NH2+]Cc2ccccc2C[NH+]2CCCC2)c1C. The van der Waals surface area contributed by atoms with E-state index in [2.05, 4.69) is 34.6 Å². The van der Waals surface area contributed by atoms with Gasteiger partial charge in [0.05, 0.1) is 18.8 Å². The van der Waals surface area contributed by atoms with Gasteiger partial charge in [0.25, 0.3) is 0 Å². The predicted molar refractivity (Wildman–Crippen MR) is 110 cm³/mol. The Morgan fingerprint density at radius 3 is 2.39 bits per heavy atom. The van der Waals surface area contributed by atoms with Gasteiger partial charge in [0, 0.05) is 35.2 Å². The number of aromatic amines is 1. The molecular weight excluding hydrogens is 350 g/mol. The fourth-order valence-electron chi connectivity index (χ4n) is 4.41. The lowest BCUT2D eigenvalue weighted by Gasteiger charge is -2.16. The summed E-state index contributed by atoms with van der Waals surface area (Å²) in [6.45, 7) is 11.6. The molecule has 1 saturated heterocycles. The van der Waals surface area contributed by atoms with E-state index < -0.39 is 0 Å². The summed E-state index contributed by atoms with van der Waals surface area (Å²) < 4.78 is 0. The van der Waals surface area contributed by atoms with Gasteiger partial charge in [-0.05, 0) is 33.3 Å². The molecule has 2 heterocycles. The molecule has 0 saturated carbocycles. The average molecular weight is 384 g/mol. The van der Waals surface area contributed by atoms with Gasteiger partial charge in [0.1, 0.15) is 19.1 Å². The zero-order valence-corrected chi connectivity index (χ0v) is 17.5. The highest BCUT2D eigenvalue weighted by Gasteiger charge is 2.26. The number of quaternary nitrogens is 2. The van der Waals surface area contributed by atoms with Crippen LogP contribution in [0.3, 0.4) is 0 Å². The van der Waals surface area contributed by atoms with Crippen LogP contribution in [0.1, 0.15) is 69.9 Å². The molecule has 4 N–H and O–H groups in total. The molecule has 3 rings (SSSR count). The summed E-state index contributed by atoms with van der Waals surface area (Å²) in [6.07, 6.45) is 2.65. The van der Waals surface area contributed by atoms with E-state index in [9.17, 15) is 9.59 Å². The van der Waals surface area contributed by atoms with Crippen molar-refractivity contribution in [2.24, 2.45) is 0 Å². The summed E-state index contributed by atoms with van der Waals surface area (Å²) in [7, 11) is 0. The summed E-state index contributed by atoms with van der Waals surface area (Å²) in [5.41, 5.74) is 5.47. The third-order valence-electron chi connectivity index (χ3n) is 6.01. The van der Waals surface area contributed by atoms with Crippen LogP contribution in [0.15, 0.2) is 24.3 Å². The molecule has 0 radical (unpaired) electrons. The molecule has 0 unspecified atom stereocenters. The Morgan fingerprint density at radius 1 is 1.14 bits per heavy atom. The van der Waals surface area contributed by atoms with Crippen molar-refractivity contribution in [3.8, 4) is 0 Å². The van der Waals surface area contributed by atoms with Crippen molar-refractivity contribution in [3.63, 3.8) is 0 Å². The van der Waals surface area contributed by atoms with Gasteiger partial charge < -0.3 is 15.2 Å². The Labute approximate surface area is 167 Å². The number of carbonyl (C=O) groups is 2. The maximum Gasteiger partial charge on any atom is 0.235 e. The van der Waals surface area contributed by atoms with E-state index in [4.69, 9.17) is 0 Å². The lowest BCUT2D eigenvalue weighted by molar-refractivity contribution is -0.901. The quantitative estimate of drug-likeness (QED) is 0.602. The highest BCUT2D eigenvalue weighted by molar-refractivity contribution is 6.04. The summed E-state index contributed by atoms with van der Waals surface area (Å²) in [5.74, 6) is 0.0519. The number of benzene rings is 1. The molecule has 150 valence electrons. The normalized spacial score (nSPS) is 15.7. The van der Waals surface area contributed by atoms with E-state index >= 15 is 0 Å². The third kappa shape index (κ3) is 4.42. The molecule has 0 bridgehead atoms. The molecule has 1 atom stereocenters. The molecule has 1 aliphatic heterocycles. The van der Waals surface area contributed by atoms with Gasteiger partial charge in [0.2, 0.25) is 5.78 Å². The van der Waals surface area contributed by atoms with Gasteiger partial charge >= 0.3 is 0 Å². The van der Waals surface area contributed by atoms with Crippen LogP contribution in [0.2, 0.25) is 0 Å². The van der Waals surface area contributed by atoms with Crippen LogP contribution in [0.5, 0.6) is 0 Å². The van der Waals surface area contributed by atoms with E-state index in [1.807, 2.05) is 20.8 Å². The molecule has 1 aromatic heterocycles. The number of hydrogen-bond acceptors (Lipinski definition) is 2. The smallest absolute Gasteiger partial charge is 0.235 e. The van der Waals surface area contributed by atoms with Crippen molar-refractivity contribution in [1.82, 2.24) is 4.98 Å². The van der Waals surface area contributed by atoms with Crippen molar-refractivity contribution in [3.05, 3.63) is 57.9 Å². The number of ketones is 2. The van der Waals surface area contributed by atoms with Crippen molar-refractivity contribution >= 4 is 11.6 Å². The zero-order chi connectivity index (χ0) is 20.3. The highest BCUT2D eigenvalue weighted by atomic mass is 16.1. The van der Waals surface area contributed by atoms with Crippen LogP contribution in [0, 0.1) is 13.8 Å². The number of nitrogens with two attached hydrogens (primary N) is 1. The first-order valence-corrected chi connectivity index (χ1v) is 10.4. The van der Waals surface area contributed by atoms with Gasteiger partial charge in [-0.1, -0.05) is 24.3 Å². The molecule has 5 nitrogen and oxygen atoms in total. The minimum atomic E-state index is -0.205. The van der Waals surface area contributed by atoms with Gasteiger partial charge in [-0.2, -0.15) is 0 Å². The van der Waals surface area contributed by atoms with Gasteiger partial charge in [-0.25, -0.2) is 0 Å². The van der Waals surface area contributed by atoms with Crippen LogP contribution >= 0.6 is 0 Å². The minimum absolute atomic E-state index is 0.000253. The summed E-state index contributed by atoms with van der Waals surface area (Å²) >= 11 is 0. The zero-order valence-electron chi connectivity index (χ0n) is 17.5. The van der Waals surface area contributed by atoms with Crippen molar-refractivity contribution in [2.75, 3.05) is 13.1 Å². The maximum absolute atomic E-state index is 13.0. The van der Waals surface area contributed by atoms with Crippen molar-refractivity contribution < 1.29 is 19.8 Å². The Morgan fingerprint density at radius 2 is 1.79 bits per heavy atom. The topological polar surface area (TPSA) is 71.0 Å². The van der Waals surface area contributed by atoms with Crippen LogP contribution < -0.4 is 10.2 Å². The Kier molecular flexibility index (Phi) is 6.47. The monoisotopic (exact) mass is 383 g/mol. The highest BCUT2D eigenvalue weighted by Crippen LogP contribution is 2.19. The fraction of sp³-hybridized carbons (Fsp3) is 0.478. The number of Topliss-reactive ketones (excluding diaryl/α,β-unsaturated/α-hetero) is 2. The Hall–Kier alpha value is -2.24. The number of nitrogens with one attached hydrogen (secondary N) is 2. The number of carbonyl (C=O) groups excluding carboxylic acids is 2. The van der Waals surface area contributed by atoms with Crippen LogP contribution in [0.25, 0.3) is 0 Å². The summed E-state index contributed by atoms with van der Waals surface area (Å²) in [6, 6.07) is 8.38. The van der Waals surface area contributed by atoms with Gasteiger partial charge in [-0.3, -0.25) is 9.59 Å². The van der Waals surface area contributed by atoms with E-state index in [-0.39, 0.29) is 17.6 Å². The molecule has 0 aliphatic carbocycles. The van der Waals surface area contributed by atoms with Crippen molar-refractivity contribution in [2.45, 2.75) is 59.7 Å². The Bertz CT molecular complexity index is 863. The number of hydrogen-bond donors (Lipinski definition) is 3. The van der Waals surface area contributed by atoms with Crippen LogP contribution in [-0.4, -0.2) is 35.7 Å². The molecular formula is C23H33N3O2+2. The van der Waals surface area contributed by atoms with E-state index in [0.717, 1.165) is 24.3 Å². The number of rotatable bonds is 8. The second-order valence-electron chi connectivity index (χ2n) is 8.18. The lowest BCUT2D eigenvalue weighted by atomic mass is 10.0. The largest absolute Gasteiger partial charge is 0.355 e. The third-order valence-corrected chi connectivity index (χ3v) is 6.01. The Balaban J connectivity index is 1.67. The molecule has 1 fully saturated rings. The summed E-state index contributed by atoms with van der Waals surface area (Å²) in [4.78, 5) is 29.6. The van der Waals surface area contributed by atoms with E-state index in [0.29, 0.717) is 11.3 Å². The minimum Gasteiger partial charge on any atom is -0.355 e. The van der Waals surface area contributed by atoms with Crippen LogP contribution in [-0.2, 0) is 13.1 Å². The number of likely N-dealkylation sites (tertiary alicyclic amines) is 1. The number of aromatic nitrogens is 1. The lowest BCUT2D eigenvalue weighted by Crippen LogP contribution is -3.08. The number of H-pyrrole nitrogens is 1. The number of aryl methyl sites for hydroxylation is 1. The summed E-state index contributed by atoms with van der Waals surface area (Å²) in [5, 5.41) is 2.10. The second-order valence-corrected chi connectivity index (χ2v) is 8.18. The molecule has 28 heavy (non-hydrogen) atoms. The molecule has 1 aliphatic rings. The van der Waals surface area contributed by atoms with Gasteiger partial charge in [-0.15, -0.1) is 0 Å². The van der Waals surface area contributed by atoms with Crippen LogP contribution in [0.4, 0.5) is 0 Å². The average Bonchev–Trinajstić information content (AvgIpc) is 3.27. The van der Waals surface area contributed by atoms with Crippen molar-refractivity contribution in [1.29, 1.82) is 0 Å².